The van der Waals surface area contributed by atoms with Crippen LogP contribution in [0.1, 0.15) is 59.3 Å². The van der Waals surface area contributed by atoms with E-state index in [4.69, 9.17) is 0 Å². The summed E-state index contributed by atoms with van der Waals surface area (Å²) in [7, 11) is 0. The van der Waals surface area contributed by atoms with E-state index in [1.165, 1.54) is 32.1 Å². The molecule has 19 heavy (non-hydrogen) atoms. The summed E-state index contributed by atoms with van der Waals surface area (Å²) in [5.74, 6) is 3.91. The van der Waals surface area contributed by atoms with Gasteiger partial charge in [0.2, 0.25) is 0 Å². The van der Waals surface area contributed by atoms with Crippen molar-refractivity contribution in [1.29, 1.82) is 0 Å². The molecule has 0 aromatic carbocycles. The standard InChI is InChI=1S/C17H31NO/c1-17(2,3)9-15(19)10-18-16-13-5-11-4-12(7-13)8-14(16)6-11/h11-16,18-19H,4-10H2,1-3H3. The molecule has 0 saturated heterocycles. The van der Waals surface area contributed by atoms with Crippen LogP contribution in [0.3, 0.4) is 0 Å². The van der Waals surface area contributed by atoms with E-state index in [1.54, 1.807) is 0 Å². The Morgan fingerprint density at radius 1 is 1.00 bits per heavy atom. The first-order valence-corrected chi connectivity index (χ1v) is 8.32. The molecule has 1 atom stereocenters. The predicted molar refractivity (Wildman–Crippen MR) is 78.9 cm³/mol. The third-order valence-corrected chi connectivity index (χ3v) is 5.66. The number of hydrogen-bond donors (Lipinski definition) is 2. The van der Waals surface area contributed by atoms with E-state index in [0.29, 0.717) is 6.04 Å². The molecule has 1 unspecified atom stereocenters. The van der Waals surface area contributed by atoms with Gasteiger partial charge in [0.05, 0.1) is 6.10 Å². The van der Waals surface area contributed by atoms with Gasteiger partial charge in [0.15, 0.2) is 0 Å². The Morgan fingerprint density at radius 2 is 1.53 bits per heavy atom. The summed E-state index contributed by atoms with van der Waals surface area (Å²) in [6.45, 7) is 7.42. The molecule has 0 heterocycles. The molecule has 0 spiro atoms. The first-order chi connectivity index (χ1) is 8.90. The topological polar surface area (TPSA) is 32.3 Å². The molecule has 0 amide bonds. The maximum Gasteiger partial charge on any atom is 0.0669 e. The molecule has 4 aliphatic rings. The molecule has 2 nitrogen and oxygen atoms in total. The molecule has 0 radical (unpaired) electrons. The Morgan fingerprint density at radius 3 is 2.00 bits per heavy atom. The van der Waals surface area contributed by atoms with Gasteiger partial charge in [-0.1, -0.05) is 20.8 Å². The van der Waals surface area contributed by atoms with Crippen LogP contribution in [0.4, 0.5) is 0 Å². The monoisotopic (exact) mass is 265 g/mol. The number of aliphatic hydroxyl groups excluding tert-OH is 1. The van der Waals surface area contributed by atoms with Gasteiger partial charge in [-0.3, -0.25) is 0 Å². The summed E-state index contributed by atoms with van der Waals surface area (Å²) in [6, 6.07) is 0.711. The van der Waals surface area contributed by atoms with Gasteiger partial charge in [-0.2, -0.15) is 0 Å². The van der Waals surface area contributed by atoms with Crippen LogP contribution in [-0.2, 0) is 0 Å². The van der Waals surface area contributed by atoms with Gasteiger partial charge in [-0.25, -0.2) is 0 Å². The zero-order valence-corrected chi connectivity index (χ0v) is 12.9. The predicted octanol–water partition coefficient (Wildman–Crippen LogP) is 3.20. The fourth-order valence-corrected chi connectivity index (χ4v) is 5.31. The Kier molecular flexibility index (Phi) is 3.68. The van der Waals surface area contributed by atoms with Crippen molar-refractivity contribution in [1.82, 2.24) is 5.32 Å². The average molecular weight is 265 g/mol. The highest BCUT2D eigenvalue weighted by Crippen LogP contribution is 2.53. The van der Waals surface area contributed by atoms with Gasteiger partial charge in [-0.15, -0.1) is 0 Å². The Hall–Kier alpha value is -0.0800. The van der Waals surface area contributed by atoms with Gasteiger partial charge < -0.3 is 10.4 Å². The maximum absolute atomic E-state index is 10.2. The summed E-state index contributed by atoms with van der Waals surface area (Å²) in [5, 5.41) is 13.9. The first kappa shape index (κ1) is 13.9. The maximum atomic E-state index is 10.2. The van der Waals surface area contributed by atoms with Gasteiger partial charge in [0.25, 0.3) is 0 Å². The lowest BCUT2D eigenvalue weighted by atomic mass is 9.54. The van der Waals surface area contributed by atoms with Crippen molar-refractivity contribution in [3.05, 3.63) is 0 Å². The molecule has 2 N–H and O–H groups in total. The van der Waals surface area contributed by atoms with E-state index in [0.717, 1.165) is 36.6 Å². The molecule has 4 fully saturated rings. The van der Waals surface area contributed by atoms with Crippen molar-refractivity contribution >= 4 is 0 Å². The van der Waals surface area contributed by atoms with Crippen LogP contribution in [0.25, 0.3) is 0 Å². The second-order valence-corrected chi connectivity index (χ2v) is 8.78. The molecule has 0 aliphatic heterocycles. The van der Waals surface area contributed by atoms with E-state index in [2.05, 4.69) is 26.1 Å². The molecular weight excluding hydrogens is 234 g/mol. The number of rotatable bonds is 4. The Labute approximate surface area is 118 Å². The van der Waals surface area contributed by atoms with Crippen molar-refractivity contribution in [2.45, 2.75) is 71.4 Å². The summed E-state index contributed by atoms with van der Waals surface area (Å²) in [4.78, 5) is 0. The zero-order valence-electron chi connectivity index (χ0n) is 12.9. The van der Waals surface area contributed by atoms with Crippen molar-refractivity contribution < 1.29 is 5.11 Å². The first-order valence-electron chi connectivity index (χ1n) is 8.32. The van der Waals surface area contributed by atoms with Crippen molar-refractivity contribution in [3.8, 4) is 0 Å². The van der Waals surface area contributed by atoms with Crippen LogP contribution in [-0.4, -0.2) is 23.8 Å². The van der Waals surface area contributed by atoms with Gasteiger partial charge >= 0.3 is 0 Å². The third kappa shape index (κ3) is 3.16. The normalized spacial score (nSPS) is 42.6. The highest BCUT2D eigenvalue weighted by Gasteiger charge is 2.47. The molecule has 4 saturated carbocycles. The zero-order chi connectivity index (χ0) is 13.6. The number of hydrogen-bond acceptors (Lipinski definition) is 2. The number of aliphatic hydroxyl groups is 1. The van der Waals surface area contributed by atoms with E-state index < -0.39 is 0 Å². The van der Waals surface area contributed by atoms with E-state index in [9.17, 15) is 5.11 Å². The Balaban J connectivity index is 1.51. The summed E-state index contributed by atoms with van der Waals surface area (Å²) < 4.78 is 0. The third-order valence-electron chi connectivity index (χ3n) is 5.66. The molecule has 2 heteroatoms. The molecular formula is C17H31NO. The van der Waals surface area contributed by atoms with Crippen LogP contribution in [0, 0.1) is 29.1 Å². The summed E-state index contributed by atoms with van der Waals surface area (Å²) in [5.41, 5.74) is 0.227. The smallest absolute Gasteiger partial charge is 0.0669 e. The lowest BCUT2D eigenvalue weighted by molar-refractivity contribution is -0.0185. The van der Waals surface area contributed by atoms with Crippen LogP contribution in [0.15, 0.2) is 0 Å². The second-order valence-electron chi connectivity index (χ2n) is 8.78. The second kappa shape index (κ2) is 5.04. The molecule has 4 bridgehead atoms. The van der Waals surface area contributed by atoms with Crippen molar-refractivity contribution in [2.24, 2.45) is 29.1 Å². The van der Waals surface area contributed by atoms with Crippen molar-refractivity contribution in [2.75, 3.05) is 6.54 Å². The summed E-state index contributed by atoms with van der Waals surface area (Å²) >= 11 is 0. The van der Waals surface area contributed by atoms with Gasteiger partial charge in [0, 0.05) is 12.6 Å². The minimum Gasteiger partial charge on any atom is -0.392 e. The minimum atomic E-state index is -0.183. The SMILES string of the molecule is CC(C)(C)CC(O)CNC1C2CC3CC(C2)CC1C3. The molecule has 0 aromatic rings. The van der Waals surface area contributed by atoms with E-state index in [-0.39, 0.29) is 11.5 Å². The molecule has 110 valence electrons. The highest BCUT2D eigenvalue weighted by atomic mass is 16.3. The largest absolute Gasteiger partial charge is 0.392 e. The highest BCUT2D eigenvalue weighted by molar-refractivity contribution is 5.01. The minimum absolute atomic E-state index is 0.183. The average Bonchev–Trinajstić information content (AvgIpc) is 2.24. The van der Waals surface area contributed by atoms with Crippen LogP contribution >= 0.6 is 0 Å². The molecule has 4 rings (SSSR count). The van der Waals surface area contributed by atoms with Crippen LogP contribution in [0.5, 0.6) is 0 Å². The summed E-state index contributed by atoms with van der Waals surface area (Å²) in [6.07, 6.45) is 8.07. The lowest BCUT2D eigenvalue weighted by Crippen LogP contribution is -2.55. The number of nitrogens with one attached hydrogen (secondary N) is 1. The van der Waals surface area contributed by atoms with E-state index in [1.807, 2.05) is 0 Å². The van der Waals surface area contributed by atoms with Crippen LogP contribution in [0.2, 0.25) is 0 Å². The van der Waals surface area contributed by atoms with E-state index >= 15 is 0 Å². The van der Waals surface area contributed by atoms with Crippen molar-refractivity contribution in [3.63, 3.8) is 0 Å². The quantitative estimate of drug-likeness (QED) is 0.818. The lowest BCUT2D eigenvalue weighted by Gasteiger charge is -2.54. The molecule has 0 aromatic heterocycles. The fourth-order valence-electron chi connectivity index (χ4n) is 5.31. The fraction of sp³-hybridized carbons (Fsp3) is 1.00. The Bertz CT molecular complexity index is 292. The van der Waals surface area contributed by atoms with Crippen LogP contribution < -0.4 is 5.32 Å². The van der Waals surface area contributed by atoms with Gasteiger partial charge in [0.1, 0.15) is 0 Å². The van der Waals surface area contributed by atoms with Gasteiger partial charge in [-0.05, 0) is 67.6 Å². The molecule has 4 aliphatic carbocycles.